The van der Waals surface area contributed by atoms with Crippen LogP contribution in [0.4, 0.5) is 0 Å². The van der Waals surface area contributed by atoms with E-state index in [1.165, 1.54) is 0 Å². The van der Waals surface area contributed by atoms with Crippen LogP contribution < -0.4 is 10.1 Å². The van der Waals surface area contributed by atoms with E-state index in [4.69, 9.17) is 4.74 Å². The molecule has 1 fully saturated rings. The molecule has 5 rings (SSSR count). The molecule has 3 heterocycles. The zero-order valence-electron chi connectivity index (χ0n) is 15.5. The number of rotatable bonds is 1. The highest BCUT2D eigenvalue weighted by Crippen LogP contribution is 2.34. The first-order valence-corrected chi connectivity index (χ1v) is 9.38. The van der Waals surface area contributed by atoms with Crippen LogP contribution in [0.1, 0.15) is 39.1 Å². The third-order valence-corrected chi connectivity index (χ3v) is 5.57. The molecule has 7 nitrogen and oxygen atoms in total. The van der Waals surface area contributed by atoms with Gasteiger partial charge in [0.15, 0.2) is 5.72 Å². The van der Waals surface area contributed by atoms with Crippen LogP contribution in [0.15, 0.2) is 42.6 Å². The van der Waals surface area contributed by atoms with E-state index in [9.17, 15) is 9.59 Å². The van der Waals surface area contributed by atoms with Crippen LogP contribution in [0.2, 0.25) is 0 Å². The molecule has 1 aromatic heterocycles. The molecule has 142 valence electrons. The quantitative estimate of drug-likeness (QED) is 0.683. The van der Waals surface area contributed by atoms with Crippen LogP contribution in [0.5, 0.6) is 5.75 Å². The molecule has 3 aromatic rings. The van der Waals surface area contributed by atoms with Crippen molar-refractivity contribution in [1.82, 2.24) is 20.4 Å². The molecule has 0 unspecified atom stereocenters. The van der Waals surface area contributed by atoms with E-state index in [1.54, 1.807) is 6.20 Å². The fourth-order valence-corrected chi connectivity index (χ4v) is 3.98. The minimum absolute atomic E-state index is 0.0175. The number of H-pyrrole nitrogens is 1. The largest absolute Gasteiger partial charge is 0.467 e. The van der Waals surface area contributed by atoms with Crippen LogP contribution >= 0.6 is 0 Å². The number of hydrogen-bond donors (Lipinski definition) is 2. The maximum Gasteiger partial charge on any atom is 0.258 e. The summed E-state index contributed by atoms with van der Waals surface area (Å²) in [6.07, 6.45) is 2.80. The molecule has 28 heavy (non-hydrogen) atoms. The molecule has 0 bridgehead atoms. The Morgan fingerprint density at radius 1 is 1.18 bits per heavy atom. The van der Waals surface area contributed by atoms with Crippen LogP contribution in [0.3, 0.4) is 0 Å². The van der Waals surface area contributed by atoms with Gasteiger partial charge in [-0.15, -0.1) is 0 Å². The lowest BCUT2D eigenvalue weighted by Gasteiger charge is -2.44. The Hall–Kier alpha value is -3.35. The fourth-order valence-electron chi connectivity index (χ4n) is 3.98. The van der Waals surface area contributed by atoms with Gasteiger partial charge in [-0.3, -0.25) is 14.7 Å². The Morgan fingerprint density at radius 3 is 2.82 bits per heavy atom. The molecule has 0 aliphatic carbocycles. The maximum absolute atomic E-state index is 12.9. The van der Waals surface area contributed by atoms with Gasteiger partial charge >= 0.3 is 0 Å². The molecular weight excluding hydrogens is 356 g/mol. The van der Waals surface area contributed by atoms with Gasteiger partial charge in [-0.05, 0) is 37.3 Å². The first-order chi connectivity index (χ1) is 13.5. The van der Waals surface area contributed by atoms with E-state index >= 15 is 0 Å². The monoisotopic (exact) mass is 376 g/mol. The Balaban J connectivity index is 1.32. The van der Waals surface area contributed by atoms with Gasteiger partial charge in [-0.2, -0.15) is 5.10 Å². The first-order valence-electron chi connectivity index (χ1n) is 9.38. The molecule has 2 aliphatic heterocycles. The third kappa shape index (κ3) is 2.70. The Morgan fingerprint density at radius 2 is 2.00 bits per heavy atom. The van der Waals surface area contributed by atoms with E-state index < -0.39 is 5.72 Å². The number of benzene rings is 2. The lowest BCUT2D eigenvalue weighted by molar-refractivity contribution is -0.0245. The highest BCUT2D eigenvalue weighted by atomic mass is 16.5. The molecular formula is C21H20N4O3. The summed E-state index contributed by atoms with van der Waals surface area (Å²) in [6, 6.07) is 11.2. The number of amides is 2. The van der Waals surface area contributed by atoms with Gasteiger partial charge in [-0.1, -0.05) is 11.6 Å². The van der Waals surface area contributed by atoms with E-state index in [2.05, 4.69) is 15.5 Å². The van der Waals surface area contributed by atoms with Crippen molar-refractivity contribution in [3.05, 3.63) is 59.3 Å². The topological polar surface area (TPSA) is 87.3 Å². The molecule has 7 heteroatoms. The predicted molar refractivity (Wildman–Crippen MR) is 103 cm³/mol. The van der Waals surface area contributed by atoms with E-state index in [0.29, 0.717) is 42.8 Å². The number of hydrogen-bond acceptors (Lipinski definition) is 4. The summed E-state index contributed by atoms with van der Waals surface area (Å²) in [4.78, 5) is 27.3. The van der Waals surface area contributed by atoms with Crippen molar-refractivity contribution in [2.75, 3.05) is 13.1 Å². The number of fused-ring (bicyclic) bond motifs is 2. The van der Waals surface area contributed by atoms with Crippen LogP contribution in [-0.2, 0) is 0 Å². The van der Waals surface area contributed by atoms with Gasteiger partial charge in [-0.25, -0.2) is 0 Å². The molecule has 0 atom stereocenters. The lowest BCUT2D eigenvalue weighted by atomic mass is 9.96. The van der Waals surface area contributed by atoms with Crippen molar-refractivity contribution in [2.45, 2.75) is 25.5 Å². The fraction of sp³-hybridized carbons (Fsp3) is 0.286. The van der Waals surface area contributed by atoms with Gasteiger partial charge in [0.1, 0.15) is 5.75 Å². The van der Waals surface area contributed by atoms with E-state index in [0.717, 1.165) is 16.5 Å². The van der Waals surface area contributed by atoms with Gasteiger partial charge in [0.2, 0.25) is 0 Å². The number of carbonyl (C=O) groups excluding carboxylic acids is 2. The highest BCUT2D eigenvalue weighted by molar-refractivity contribution is 5.99. The van der Waals surface area contributed by atoms with Gasteiger partial charge in [0, 0.05) is 36.9 Å². The third-order valence-electron chi connectivity index (χ3n) is 5.57. The van der Waals surface area contributed by atoms with Crippen molar-refractivity contribution in [3.63, 3.8) is 0 Å². The van der Waals surface area contributed by atoms with Crippen LogP contribution in [-0.4, -0.2) is 45.7 Å². The van der Waals surface area contributed by atoms with Crippen molar-refractivity contribution >= 4 is 22.7 Å². The molecule has 2 aromatic carbocycles. The molecule has 2 amide bonds. The van der Waals surface area contributed by atoms with E-state index in [-0.39, 0.29) is 11.8 Å². The average molecular weight is 376 g/mol. The summed E-state index contributed by atoms with van der Waals surface area (Å²) in [6.45, 7) is 2.98. The highest BCUT2D eigenvalue weighted by Gasteiger charge is 2.43. The molecule has 0 saturated carbocycles. The number of nitrogens with one attached hydrogen (secondary N) is 2. The summed E-state index contributed by atoms with van der Waals surface area (Å²) in [5.41, 5.74) is 2.38. The second-order valence-electron chi connectivity index (χ2n) is 7.51. The predicted octanol–water partition coefficient (Wildman–Crippen LogP) is 2.63. The van der Waals surface area contributed by atoms with E-state index in [1.807, 2.05) is 48.2 Å². The van der Waals surface area contributed by atoms with Crippen molar-refractivity contribution < 1.29 is 14.3 Å². The number of aromatic amines is 1. The molecule has 2 aliphatic rings. The van der Waals surface area contributed by atoms with Gasteiger partial charge < -0.3 is 15.0 Å². The second kappa shape index (κ2) is 6.09. The SMILES string of the molecule is Cc1ccc2c(c1)C(=O)NC1(CCN(C(=O)c3ccc4[nH]ncc4c3)CC1)O2. The normalized spacial score (nSPS) is 17.9. The maximum atomic E-state index is 12.9. The van der Waals surface area contributed by atoms with Crippen molar-refractivity contribution in [2.24, 2.45) is 0 Å². The van der Waals surface area contributed by atoms with Gasteiger partial charge in [0.05, 0.1) is 17.3 Å². The van der Waals surface area contributed by atoms with Crippen molar-refractivity contribution in [3.8, 4) is 5.75 Å². The van der Waals surface area contributed by atoms with Gasteiger partial charge in [0.25, 0.3) is 11.8 Å². The first kappa shape index (κ1) is 16.8. The van der Waals surface area contributed by atoms with Crippen LogP contribution in [0.25, 0.3) is 10.9 Å². The lowest BCUT2D eigenvalue weighted by Crippen LogP contribution is -2.61. The number of piperidine rings is 1. The van der Waals surface area contributed by atoms with Crippen molar-refractivity contribution in [1.29, 1.82) is 0 Å². The number of nitrogens with zero attached hydrogens (tertiary/aromatic N) is 2. The summed E-state index contributed by atoms with van der Waals surface area (Å²) in [5, 5.41) is 10.8. The molecule has 0 radical (unpaired) electrons. The summed E-state index contributed by atoms with van der Waals surface area (Å²) in [5.74, 6) is 0.478. The number of ether oxygens (including phenoxy) is 1. The summed E-state index contributed by atoms with van der Waals surface area (Å²) in [7, 11) is 0. The smallest absolute Gasteiger partial charge is 0.258 e. The summed E-state index contributed by atoms with van der Waals surface area (Å²) < 4.78 is 6.18. The minimum atomic E-state index is -0.745. The Kier molecular flexibility index (Phi) is 3.65. The average Bonchev–Trinajstić information content (AvgIpc) is 3.17. The molecule has 2 N–H and O–H groups in total. The molecule has 1 saturated heterocycles. The second-order valence-corrected chi connectivity index (χ2v) is 7.51. The number of likely N-dealkylation sites (tertiary alicyclic amines) is 1. The minimum Gasteiger partial charge on any atom is -0.467 e. The number of aryl methyl sites for hydroxylation is 1. The van der Waals surface area contributed by atoms with Crippen LogP contribution in [0, 0.1) is 6.92 Å². The molecule has 1 spiro atoms. The zero-order valence-corrected chi connectivity index (χ0v) is 15.5. The summed E-state index contributed by atoms with van der Waals surface area (Å²) >= 11 is 0. The number of aromatic nitrogens is 2. The zero-order chi connectivity index (χ0) is 19.3. The Bertz CT molecular complexity index is 1100. The Labute approximate surface area is 161 Å². The standard InChI is InChI=1S/C21H20N4O3/c1-13-2-5-18-16(10-13)19(26)23-21(28-18)6-8-25(9-7-21)20(27)14-3-4-17-15(11-14)12-22-24-17/h2-5,10-12H,6-9H2,1H3,(H,22,24)(H,23,26). The number of carbonyl (C=O) groups is 2.